The predicted molar refractivity (Wildman–Crippen MR) is 209 cm³/mol. The number of hydrogen-bond acceptors (Lipinski definition) is 14. The molecule has 15 nitrogen and oxygen atoms in total. The lowest BCUT2D eigenvalue weighted by Gasteiger charge is -2.34. The standard InChI is InChI=1S/C39H37N11O4S2/c1-22-25(16-40)18-46-31(33(22)51)36-48-28(20-55-36)39(4,38(54)45-12-9-27-8-5-6-10-43-27)29(35(53)44-11-7-14-50-15-13-42-21-50)30-24(3)56-37(49-30)32-34(52)23(2)26(17-41)19-47-32/h5-6,8,10,13,15,18-21,29,51-52H,7,9,11-12,14H2,1-4H3,(H,44,53)(H,45,54). The normalized spacial score (nSPS) is 12.6. The molecular formula is C39H37N11O4S2. The molecule has 6 heterocycles. The number of aromatic nitrogens is 7. The molecule has 6 aromatic heterocycles. The van der Waals surface area contributed by atoms with Gasteiger partial charge >= 0.3 is 0 Å². The van der Waals surface area contributed by atoms with Gasteiger partial charge in [0.25, 0.3) is 0 Å². The van der Waals surface area contributed by atoms with Gasteiger partial charge in [-0.25, -0.2) is 24.9 Å². The van der Waals surface area contributed by atoms with Crippen LogP contribution >= 0.6 is 22.7 Å². The summed E-state index contributed by atoms with van der Waals surface area (Å²) in [6.07, 6.45) is 10.5. The highest BCUT2D eigenvalue weighted by Crippen LogP contribution is 2.45. The Hall–Kier alpha value is -6.56. The van der Waals surface area contributed by atoms with Crippen LogP contribution in [0.5, 0.6) is 11.5 Å². The zero-order valence-corrected chi connectivity index (χ0v) is 32.6. The van der Waals surface area contributed by atoms with Gasteiger partial charge in [-0.2, -0.15) is 10.5 Å². The van der Waals surface area contributed by atoms with Gasteiger partial charge in [0, 0.05) is 84.1 Å². The number of rotatable bonds is 14. The highest BCUT2D eigenvalue weighted by Gasteiger charge is 2.51. The van der Waals surface area contributed by atoms with Gasteiger partial charge in [0.05, 0.1) is 28.8 Å². The molecule has 0 saturated carbocycles. The molecule has 2 unspecified atom stereocenters. The fourth-order valence-corrected chi connectivity index (χ4v) is 8.09. The van der Waals surface area contributed by atoms with Gasteiger partial charge in [-0.05, 0) is 46.2 Å². The van der Waals surface area contributed by atoms with E-state index in [1.165, 1.54) is 23.7 Å². The molecule has 56 heavy (non-hydrogen) atoms. The molecule has 2 atom stereocenters. The zero-order chi connectivity index (χ0) is 40.0. The van der Waals surface area contributed by atoms with E-state index in [4.69, 9.17) is 9.97 Å². The zero-order valence-electron chi connectivity index (χ0n) is 30.9. The summed E-state index contributed by atoms with van der Waals surface area (Å²) in [5.41, 5.74) is 0.885. The van der Waals surface area contributed by atoms with Crippen LogP contribution in [0.4, 0.5) is 0 Å². The van der Waals surface area contributed by atoms with E-state index in [2.05, 4.69) is 30.6 Å². The maximum atomic E-state index is 14.8. The minimum atomic E-state index is -1.71. The number of imidazole rings is 1. The third kappa shape index (κ3) is 7.81. The van der Waals surface area contributed by atoms with Crippen LogP contribution in [0.15, 0.2) is 60.9 Å². The number of aryl methyl sites for hydroxylation is 2. The van der Waals surface area contributed by atoms with E-state index in [1.54, 1.807) is 57.9 Å². The molecule has 0 fully saturated rings. The fourth-order valence-electron chi connectivity index (χ4n) is 6.20. The molecule has 0 aliphatic heterocycles. The van der Waals surface area contributed by atoms with Crippen molar-refractivity contribution in [2.75, 3.05) is 13.1 Å². The summed E-state index contributed by atoms with van der Waals surface area (Å²) in [5.74, 6) is -2.70. The Morgan fingerprint density at radius 1 is 0.929 bits per heavy atom. The molecular weight excluding hydrogens is 751 g/mol. The average Bonchev–Trinajstić information content (AvgIpc) is 3.99. The molecule has 0 bridgehead atoms. The van der Waals surface area contributed by atoms with Crippen molar-refractivity contribution in [3.8, 4) is 45.0 Å². The van der Waals surface area contributed by atoms with Crippen molar-refractivity contribution >= 4 is 34.5 Å². The smallest absolute Gasteiger partial charge is 0.233 e. The number of aromatic hydroxyl groups is 2. The molecule has 0 aliphatic rings. The van der Waals surface area contributed by atoms with Crippen LogP contribution in [0.2, 0.25) is 0 Å². The van der Waals surface area contributed by atoms with E-state index in [0.717, 1.165) is 17.0 Å². The van der Waals surface area contributed by atoms with E-state index >= 15 is 0 Å². The average molecular weight is 788 g/mol. The quantitative estimate of drug-likeness (QED) is 0.107. The molecule has 0 radical (unpaired) electrons. The molecule has 6 aromatic rings. The van der Waals surface area contributed by atoms with Crippen molar-refractivity contribution in [2.45, 2.75) is 58.4 Å². The number of thiazole rings is 2. The summed E-state index contributed by atoms with van der Waals surface area (Å²) in [4.78, 5) is 56.9. The van der Waals surface area contributed by atoms with Gasteiger partial charge in [0.1, 0.15) is 56.4 Å². The maximum absolute atomic E-state index is 14.8. The first-order valence-electron chi connectivity index (χ1n) is 17.5. The van der Waals surface area contributed by atoms with Gasteiger partial charge in [0.2, 0.25) is 11.8 Å². The third-order valence-corrected chi connectivity index (χ3v) is 11.4. The van der Waals surface area contributed by atoms with Crippen molar-refractivity contribution in [2.24, 2.45) is 0 Å². The Bertz CT molecular complexity index is 2470. The molecule has 4 N–H and O–H groups in total. The summed E-state index contributed by atoms with van der Waals surface area (Å²) in [5, 5.41) is 49.4. The summed E-state index contributed by atoms with van der Waals surface area (Å²) in [6.45, 7) is 7.67. The molecule has 0 aliphatic carbocycles. The number of nitriles is 2. The van der Waals surface area contributed by atoms with Crippen LogP contribution < -0.4 is 10.6 Å². The monoisotopic (exact) mass is 787 g/mol. The van der Waals surface area contributed by atoms with Crippen LogP contribution in [-0.2, 0) is 28.0 Å². The maximum Gasteiger partial charge on any atom is 0.233 e. The summed E-state index contributed by atoms with van der Waals surface area (Å²) >= 11 is 2.32. The van der Waals surface area contributed by atoms with Gasteiger partial charge < -0.3 is 25.4 Å². The minimum Gasteiger partial charge on any atom is -0.505 e. The lowest BCUT2D eigenvalue weighted by molar-refractivity contribution is -0.133. The number of nitrogens with zero attached hydrogens (tertiary/aromatic N) is 9. The fraction of sp³-hybridized carbons (Fsp3) is 0.282. The van der Waals surface area contributed by atoms with Crippen molar-refractivity contribution in [3.63, 3.8) is 0 Å². The first kappa shape index (κ1) is 39.1. The summed E-state index contributed by atoms with van der Waals surface area (Å²) < 4.78 is 1.89. The van der Waals surface area contributed by atoms with E-state index in [9.17, 15) is 30.3 Å². The van der Waals surface area contributed by atoms with Crippen LogP contribution in [0, 0.1) is 43.4 Å². The van der Waals surface area contributed by atoms with Crippen LogP contribution in [0.3, 0.4) is 0 Å². The van der Waals surface area contributed by atoms with Crippen molar-refractivity contribution in [1.29, 1.82) is 10.5 Å². The first-order valence-corrected chi connectivity index (χ1v) is 19.2. The van der Waals surface area contributed by atoms with Gasteiger partial charge in [-0.3, -0.25) is 14.6 Å². The number of carbonyl (C=O) groups excluding carboxylic acids is 2. The lowest BCUT2D eigenvalue weighted by atomic mass is 9.71. The van der Waals surface area contributed by atoms with E-state index < -0.39 is 23.1 Å². The third-order valence-electron chi connectivity index (χ3n) is 9.56. The second-order valence-corrected chi connectivity index (χ2v) is 15.2. The van der Waals surface area contributed by atoms with Crippen molar-refractivity contribution in [3.05, 3.63) is 105 Å². The molecule has 0 saturated heterocycles. The van der Waals surface area contributed by atoms with Crippen molar-refractivity contribution in [1.82, 2.24) is 45.1 Å². The highest BCUT2D eigenvalue weighted by molar-refractivity contribution is 7.15. The SMILES string of the molecule is Cc1sc(-c2ncc(C#N)c(C)c2O)nc1C(C(=O)NCCCn1ccnc1)C(C)(C(=O)NCCc1ccccn1)c1csc(-c2ncc(C#N)c(C)c2O)n1. The molecule has 17 heteroatoms. The first-order chi connectivity index (χ1) is 27.0. The van der Waals surface area contributed by atoms with Crippen LogP contribution in [0.25, 0.3) is 21.4 Å². The van der Waals surface area contributed by atoms with Gasteiger partial charge in [-0.15, -0.1) is 22.7 Å². The van der Waals surface area contributed by atoms with Crippen LogP contribution in [0.1, 0.15) is 63.5 Å². The lowest BCUT2D eigenvalue weighted by Crippen LogP contribution is -2.52. The Morgan fingerprint density at radius 2 is 1.62 bits per heavy atom. The Morgan fingerprint density at radius 3 is 2.25 bits per heavy atom. The minimum absolute atomic E-state index is 0.126. The molecule has 2 amide bonds. The van der Waals surface area contributed by atoms with Crippen LogP contribution in [-0.4, -0.2) is 69.6 Å². The van der Waals surface area contributed by atoms with E-state index in [1.807, 2.05) is 35.0 Å². The Labute approximate surface area is 330 Å². The molecule has 6 rings (SSSR count). The molecule has 284 valence electrons. The van der Waals surface area contributed by atoms with Gasteiger partial charge in [-0.1, -0.05) is 6.07 Å². The number of carbonyl (C=O) groups is 2. The molecule has 0 aromatic carbocycles. The predicted octanol–water partition coefficient (Wildman–Crippen LogP) is 5.00. The van der Waals surface area contributed by atoms with E-state index in [0.29, 0.717) is 40.4 Å². The highest BCUT2D eigenvalue weighted by atomic mass is 32.1. The number of pyridine rings is 3. The Kier molecular flexibility index (Phi) is 11.8. The summed E-state index contributed by atoms with van der Waals surface area (Å²) in [6, 6.07) is 9.54. The Balaban J connectivity index is 1.46. The van der Waals surface area contributed by atoms with Gasteiger partial charge in [0.15, 0.2) is 0 Å². The summed E-state index contributed by atoms with van der Waals surface area (Å²) in [7, 11) is 0. The second kappa shape index (κ2) is 16.8. The van der Waals surface area contributed by atoms with E-state index in [-0.39, 0.29) is 63.5 Å². The number of hydrogen-bond donors (Lipinski definition) is 4. The number of nitrogens with one attached hydrogen (secondary N) is 2. The molecule has 0 spiro atoms. The second-order valence-electron chi connectivity index (χ2n) is 13.1. The van der Waals surface area contributed by atoms with Crippen molar-refractivity contribution < 1.29 is 19.8 Å². The largest absolute Gasteiger partial charge is 0.505 e. The number of amides is 2. The topological polar surface area (TPSA) is 229 Å².